The molecule has 2 atom stereocenters. The summed E-state index contributed by atoms with van der Waals surface area (Å²) in [4.78, 5) is 0. The Morgan fingerprint density at radius 3 is 2.18 bits per heavy atom. The Labute approximate surface area is 70.1 Å². The largest absolute Gasteiger partial charge is 0.378 e. The Bertz CT molecular complexity index is 112. The van der Waals surface area contributed by atoms with Crippen molar-refractivity contribution in [2.24, 2.45) is 11.7 Å². The molecule has 0 saturated heterocycles. The van der Waals surface area contributed by atoms with Gasteiger partial charge in [0.15, 0.2) is 0 Å². The molecule has 0 rings (SSSR count). The summed E-state index contributed by atoms with van der Waals surface area (Å²) in [6.45, 7) is 8.39. The molecular formula is C9H21NO. The van der Waals surface area contributed by atoms with Crippen LogP contribution >= 0.6 is 0 Å². The predicted octanol–water partition coefficient (Wildman–Crippen LogP) is 1.78. The summed E-state index contributed by atoms with van der Waals surface area (Å²) >= 11 is 0. The van der Waals surface area contributed by atoms with Crippen molar-refractivity contribution in [3.05, 3.63) is 0 Å². The normalized spacial score (nSPS) is 18.0. The lowest BCUT2D eigenvalue weighted by Crippen LogP contribution is -2.43. The van der Waals surface area contributed by atoms with Gasteiger partial charge in [0.05, 0.1) is 5.60 Å². The van der Waals surface area contributed by atoms with Crippen LogP contribution in [0.2, 0.25) is 0 Å². The maximum absolute atomic E-state index is 5.90. The van der Waals surface area contributed by atoms with Gasteiger partial charge in [-0.3, -0.25) is 0 Å². The molecule has 0 aliphatic heterocycles. The van der Waals surface area contributed by atoms with Crippen molar-refractivity contribution in [2.75, 3.05) is 7.11 Å². The van der Waals surface area contributed by atoms with Crippen LogP contribution < -0.4 is 5.73 Å². The minimum absolute atomic E-state index is 0.102. The first kappa shape index (κ1) is 10.9. The predicted molar refractivity (Wildman–Crippen MR) is 48.5 cm³/mol. The van der Waals surface area contributed by atoms with Gasteiger partial charge in [0.1, 0.15) is 0 Å². The Kier molecular flexibility index (Phi) is 4.04. The lowest BCUT2D eigenvalue weighted by molar-refractivity contribution is -0.0302. The van der Waals surface area contributed by atoms with E-state index in [-0.39, 0.29) is 11.6 Å². The first-order valence-corrected chi connectivity index (χ1v) is 4.26. The molecule has 0 radical (unpaired) electrons. The number of ether oxygens (including phenoxy) is 1. The van der Waals surface area contributed by atoms with E-state index in [2.05, 4.69) is 27.7 Å². The van der Waals surface area contributed by atoms with Crippen molar-refractivity contribution in [1.29, 1.82) is 0 Å². The Morgan fingerprint density at radius 2 is 1.91 bits per heavy atom. The lowest BCUT2D eigenvalue weighted by Gasteiger charge is -2.34. The van der Waals surface area contributed by atoms with E-state index in [1.165, 1.54) is 0 Å². The van der Waals surface area contributed by atoms with E-state index in [1.807, 2.05) is 0 Å². The summed E-state index contributed by atoms with van der Waals surface area (Å²) < 4.78 is 5.34. The van der Waals surface area contributed by atoms with Gasteiger partial charge in [-0.05, 0) is 26.2 Å². The third kappa shape index (κ3) is 2.80. The van der Waals surface area contributed by atoms with Crippen LogP contribution in [0.3, 0.4) is 0 Å². The highest BCUT2D eigenvalue weighted by Crippen LogP contribution is 2.23. The zero-order chi connectivity index (χ0) is 9.07. The van der Waals surface area contributed by atoms with Crippen molar-refractivity contribution in [1.82, 2.24) is 0 Å². The van der Waals surface area contributed by atoms with E-state index in [4.69, 9.17) is 10.5 Å². The van der Waals surface area contributed by atoms with Crippen LogP contribution in [0.1, 0.15) is 34.1 Å². The van der Waals surface area contributed by atoms with E-state index >= 15 is 0 Å². The molecule has 0 amide bonds. The molecule has 0 aromatic heterocycles. The molecule has 11 heavy (non-hydrogen) atoms. The van der Waals surface area contributed by atoms with Crippen LogP contribution in [0, 0.1) is 5.92 Å². The molecule has 0 saturated carbocycles. The van der Waals surface area contributed by atoms with Gasteiger partial charge in [-0.1, -0.05) is 13.8 Å². The maximum Gasteiger partial charge on any atom is 0.0662 e. The molecule has 0 heterocycles. The van der Waals surface area contributed by atoms with Crippen LogP contribution in [0.15, 0.2) is 0 Å². The third-order valence-electron chi connectivity index (χ3n) is 2.74. The highest BCUT2D eigenvalue weighted by molar-refractivity contribution is 4.82. The second-order valence-corrected chi connectivity index (χ2v) is 3.67. The summed E-state index contributed by atoms with van der Waals surface area (Å²) in [6.07, 6.45) is 1.01. The Hall–Kier alpha value is -0.0800. The average Bonchev–Trinajstić information content (AvgIpc) is 2.01. The van der Waals surface area contributed by atoms with Crippen molar-refractivity contribution in [2.45, 2.75) is 45.8 Å². The first-order valence-electron chi connectivity index (χ1n) is 4.26. The number of hydrogen-bond donors (Lipinski definition) is 1. The van der Waals surface area contributed by atoms with Gasteiger partial charge >= 0.3 is 0 Å². The highest BCUT2D eigenvalue weighted by atomic mass is 16.5. The van der Waals surface area contributed by atoms with Crippen LogP contribution in [-0.2, 0) is 4.74 Å². The van der Waals surface area contributed by atoms with Gasteiger partial charge in [-0.15, -0.1) is 0 Å². The maximum atomic E-state index is 5.90. The molecule has 2 unspecified atom stereocenters. The summed E-state index contributed by atoms with van der Waals surface area (Å²) in [7, 11) is 1.74. The minimum Gasteiger partial charge on any atom is -0.378 e. The summed E-state index contributed by atoms with van der Waals surface area (Å²) in [5.41, 5.74) is 5.80. The van der Waals surface area contributed by atoms with Gasteiger partial charge in [-0.2, -0.15) is 0 Å². The average molecular weight is 159 g/mol. The fraction of sp³-hybridized carbons (Fsp3) is 1.00. The van der Waals surface area contributed by atoms with Crippen molar-refractivity contribution >= 4 is 0 Å². The molecule has 2 N–H and O–H groups in total. The summed E-state index contributed by atoms with van der Waals surface area (Å²) in [5.74, 6) is 0.400. The fourth-order valence-electron chi connectivity index (χ4n) is 1.05. The standard InChI is InChI=1S/C9H21NO/c1-6-8(10)7(2)9(3,4)11-5/h7-8H,6,10H2,1-5H3. The summed E-state index contributed by atoms with van der Waals surface area (Å²) in [6, 6.07) is 0.241. The summed E-state index contributed by atoms with van der Waals surface area (Å²) in [5, 5.41) is 0. The molecule has 0 aliphatic rings. The molecule has 68 valence electrons. The van der Waals surface area contributed by atoms with E-state index in [9.17, 15) is 0 Å². The van der Waals surface area contributed by atoms with E-state index in [1.54, 1.807) is 7.11 Å². The van der Waals surface area contributed by atoms with E-state index in [0.717, 1.165) is 6.42 Å². The molecule has 0 aliphatic carbocycles. The Balaban J connectivity index is 4.10. The van der Waals surface area contributed by atoms with Gasteiger partial charge in [-0.25, -0.2) is 0 Å². The molecule has 2 nitrogen and oxygen atoms in total. The van der Waals surface area contributed by atoms with Crippen LogP contribution in [0.4, 0.5) is 0 Å². The SMILES string of the molecule is CCC(N)C(C)C(C)(C)OC. The topological polar surface area (TPSA) is 35.2 Å². The highest BCUT2D eigenvalue weighted by Gasteiger charge is 2.28. The molecule has 0 aromatic rings. The molecule has 0 spiro atoms. The van der Waals surface area contributed by atoms with Crippen molar-refractivity contribution < 1.29 is 4.74 Å². The quantitative estimate of drug-likeness (QED) is 0.678. The lowest BCUT2D eigenvalue weighted by atomic mass is 9.85. The van der Waals surface area contributed by atoms with E-state index in [0.29, 0.717) is 5.92 Å². The first-order chi connectivity index (χ1) is 4.95. The fourth-order valence-corrected chi connectivity index (χ4v) is 1.05. The van der Waals surface area contributed by atoms with Gasteiger partial charge < -0.3 is 10.5 Å². The second kappa shape index (κ2) is 4.07. The number of methoxy groups -OCH3 is 1. The molecule has 0 aromatic carbocycles. The van der Waals surface area contributed by atoms with Gasteiger partial charge in [0.2, 0.25) is 0 Å². The van der Waals surface area contributed by atoms with Gasteiger partial charge in [0, 0.05) is 13.2 Å². The van der Waals surface area contributed by atoms with Crippen molar-refractivity contribution in [3.8, 4) is 0 Å². The third-order valence-corrected chi connectivity index (χ3v) is 2.74. The minimum atomic E-state index is -0.102. The smallest absolute Gasteiger partial charge is 0.0662 e. The number of rotatable bonds is 4. The zero-order valence-corrected chi connectivity index (χ0v) is 8.35. The monoisotopic (exact) mass is 159 g/mol. The molecular weight excluding hydrogens is 138 g/mol. The number of hydrogen-bond acceptors (Lipinski definition) is 2. The van der Waals surface area contributed by atoms with Crippen LogP contribution in [0.5, 0.6) is 0 Å². The second-order valence-electron chi connectivity index (χ2n) is 3.67. The zero-order valence-electron chi connectivity index (χ0n) is 8.35. The van der Waals surface area contributed by atoms with Crippen LogP contribution in [0.25, 0.3) is 0 Å². The molecule has 2 heteroatoms. The van der Waals surface area contributed by atoms with E-state index < -0.39 is 0 Å². The van der Waals surface area contributed by atoms with Crippen LogP contribution in [-0.4, -0.2) is 18.8 Å². The molecule has 0 fully saturated rings. The Morgan fingerprint density at radius 1 is 1.45 bits per heavy atom. The van der Waals surface area contributed by atoms with Gasteiger partial charge in [0.25, 0.3) is 0 Å². The van der Waals surface area contributed by atoms with Crippen molar-refractivity contribution in [3.63, 3.8) is 0 Å². The number of nitrogens with two attached hydrogens (primary N) is 1. The molecule has 0 bridgehead atoms.